The predicted molar refractivity (Wildman–Crippen MR) is 68.8 cm³/mol. The number of phenolic OH excluding ortho intramolecular Hbond substituents is 1. The van der Waals surface area contributed by atoms with E-state index in [1.807, 2.05) is 6.07 Å². The number of rotatable bonds is 1. The smallest absolute Gasteiger partial charge is 0.126 e. The Hall–Kier alpha value is -1.70. The Morgan fingerprint density at radius 2 is 1.88 bits per heavy atom. The molecule has 0 atom stereocenters. The molecule has 1 aliphatic carbocycles. The highest BCUT2D eigenvalue weighted by Crippen LogP contribution is 2.38. The average Bonchev–Trinajstić information content (AvgIpc) is 2.39. The molecule has 0 spiro atoms. The van der Waals surface area contributed by atoms with Gasteiger partial charge < -0.3 is 9.84 Å². The molecule has 0 radical (unpaired) electrons. The number of aromatic hydroxyl groups is 1. The quantitative estimate of drug-likeness (QED) is 0.810. The highest BCUT2D eigenvalue weighted by Gasteiger charge is 2.16. The number of methoxy groups -OCH3 is 1. The molecule has 3 rings (SSSR count). The van der Waals surface area contributed by atoms with Crippen LogP contribution in [0.5, 0.6) is 11.5 Å². The van der Waals surface area contributed by atoms with Gasteiger partial charge in [0.2, 0.25) is 0 Å². The van der Waals surface area contributed by atoms with Gasteiger partial charge in [-0.25, -0.2) is 0 Å². The highest BCUT2D eigenvalue weighted by atomic mass is 16.5. The van der Waals surface area contributed by atoms with Crippen molar-refractivity contribution in [2.75, 3.05) is 7.11 Å². The fraction of sp³-hybridized carbons (Fsp3) is 0.333. The van der Waals surface area contributed by atoms with Crippen molar-refractivity contribution in [1.29, 1.82) is 0 Å². The van der Waals surface area contributed by atoms with Crippen LogP contribution in [0.2, 0.25) is 0 Å². The molecule has 1 N–H and O–H groups in total. The Balaban J connectivity index is 2.38. The summed E-state index contributed by atoms with van der Waals surface area (Å²) in [4.78, 5) is 0. The fourth-order valence-corrected chi connectivity index (χ4v) is 2.83. The van der Waals surface area contributed by atoms with Gasteiger partial charge in [-0.15, -0.1) is 0 Å². The van der Waals surface area contributed by atoms with Gasteiger partial charge in [0.1, 0.15) is 11.5 Å². The van der Waals surface area contributed by atoms with Gasteiger partial charge in [0.15, 0.2) is 0 Å². The second kappa shape index (κ2) is 3.95. The molecule has 17 heavy (non-hydrogen) atoms. The minimum absolute atomic E-state index is 0.375. The summed E-state index contributed by atoms with van der Waals surface area (Å²) < 4.78 is 5.36. The zero-order valence-electron chi connectivity index (χ0n) is 9.99. The van der Waals surface area contributed by atoms with Crippen LogP contribution in [0.25, 0.3) is 10.8 Å². The summed E-state index contributed by atoms with van der Waals surface area (Å²) in [5, 5.41) is 12.1. The molecule has 0 aromatic heterocycles. The van der Waals surface area contributed by atoms with Gasteiger partial charge in [0.05, 0.1) is 7.11 Å². The van der Waals surface area contributed by atoms with Crippen molar-refractivity contribution in [1.82, 2.24) is 0 Å². The topological polar surface area (TPSA) is 29.5 Å². The van der Waals surface area contributed by atoms with E-state index in [1.165, 1.54) is 24.0 Å². The number of ether oxygens (including phenoxy) is 1. The number of aryl methyl sites for hydroxylation is 2. The molecule has 0 saturated heterocycles. The number of hydrogen-bond donors (Lipinski definition) is 1. The Morgan fingerprint density at radius 3 is 2.71 bits per heavy atom. The molecule has 2 aromatic rings. The molecular weight excluding hydrogens is 212 g/mol. The van der Waals surface area contributed by atoms with Crippen LogP contribution in [0, 0.1) is 0 Å². The second-order valence-corrected chi connectivity index (χ2v) is 4.62. The van der Waals surface area contributed by atoms with Gasteiger partial charge in [-0.3, -0.25) is 0 Å². The summed E-state index contributed by atoms with van der Waals surface area (Å²) in [7, 11) is 1.67. The minimum Gasteiger partial charge on any atom is -0.507 e. The van der Waals surface area contributed by atoms with E-state index < -0.39 is 0 Å². The SMILES string of the molecule is COc1ccc(O)c2c3c(ccc12)CCCC3. The van der Waals surface area contributed by atoms with E-state index in [1.54, 1.807) is 13.2 Å². The Kier molecular flexibility index (Phi) is 2.43. The van der Waals surface area contributed by atoms with Gasteiger partial charge in [0, 0.05) is 10.8 Å². The largest absolute Gasteiger partial charge is 0.507 e. The van der Waals surface area contributed by atoms with Crippen LogP contribution in [0.15, 0.2) is 24.3 Å². The maximum atomic E-state index is 10.1. The molecule has 2 aromatic carbocycles. The first-order valence-corrected chi connectivity index (χ1v) is 6.11. The van der Waals surface area contributed by atoms with Crippen LogP contribution in [-0.2, 0) is 12.8 Å². The molecule has 0 fully saturated rings. The molecule has 88 valence electrons. The van der Waals surface area contributed by atoms with Gasteiger partial charge >= 0.3 is 0 Å². The standard InChI is InChI=1S/C15H16O2/c1-17-14-9-8-13(16)15-11-5-3-2-4-10(11)6-7-12(14)15/h6-9,16H,2-5H2,1H3. The first kappa shape index (κ1) is 10.5. The molecule has 0 aliphatic heterocycles. The van der Waals surface area contributed by atoms with E-state index in [0.29, 0.717) is 5.75 Å². The first-order valence-electron chi connectivity index (χ1n) is 6.11. The van der Waals surface area contributed by atoms with Crippen LogP contribution in [0.4, 0.5) is 0 Å². The number of phenols is 1. The summed E-state index contributed by atoms with van der Waals surface area (Å²) in [5.74, 6) is 1.21. The summed E-state index contributed by atoms with van der Waals surface area (Å²) in [6.07, 6.45) is 4.65. The molecule has 2 heteroatoms. The highest BCUT2D eigenvalue weighted by molar-refractivity contribution is 5.96. The van der Waals surface area contributed by atoms with Gasteiger partial charge in [-0.05, 0) is 48.9 Å². The van der Waals surface area contributed by atoms with Crippen LogP contribution in [-0.4, -0.2) is 12.2 Å². The maximum absolute atomic E-state index is 10.1. The van der Waals surface area contributed by atoms with Crippen LogP contribution < -0.4 is 4.74 Å². The lowest BCUT2D eigenvalue weighted by Gasteiger charge is -2.19. The van der Waals surface area contributed by atoms with Crippen molar-refractivity contribution in [3.63, 3.8) is 0 Å². The molecule has 0 saturated carbocycles. The predicted octanol–water partition coefficient (Wildman–Crippen LogP) is 3.43. The third-order valence-corrected chi connectivity index (χ3v) is 3.67. The zero-order valence-corrected chi connectivity index (χ0v) is 9.99. The summed E-state index contributed by atoms with van der Waals surface area (Å²) in [6.45, 7) is 0. The minimum atomic E-state index is 0.375. The molecule has 1 aliphatic rings. The van der Waals surface area contributed by atoms with Gasteiger partial charge in [-0.2, -0.15) is 0 Å². The lowest BCUT2D eigenvalue weighted by Crippen LogP contribution is -2.03. The van der Waals surface area contributed by atoms with Crippen molar-refractivity contribution in [3.8, 4) is 11.5 Å². The van der Waals surface area contributed by atoms with E-state index in [4.69, 9.17) is 4.74 Å². The van der Waals surface area contributed by atoms with Crippen LogP contribution in [0.1, 0.15) is 24.0 Å². The van der Waals surface area contributed by atoms with Crippen molar-refractivity contribution < 1.29 is 9.84 Å². The lowest BCUT2D eigenvalue weighted by atomic mass is 9.87. The lowest BCUT2D eigenvalue weighted by molar-refractivity contribution is 0.418. The monoisotopic (exact) mass is 228 g/mol. The molecule has 0 amide bonds. The third kappa shape index (κ3) is 1.55. The Bertz CT molecular complexity index is 573. The third-order valence-electron chi connectivity index (χ3n) is 3.67. The van der Waals surface area contributed by atoms with Crippen molar-refractivity contribution in [3.05, 3.63) is 35.4 Å². The number of fused-ring (bicyclic) bond motifs is 3. The fourth-order valence-electron chi connectivity index (χ4n) is 2.83. The molecular formula is C15H16O2. The maximum Gasteiger partial charge on any atom is 0.126 e. The molecule has 0 heterocycles. The van der Waals surface area contributed by atoms with Crippen LogP contribution >= 0.6 is 0 Å². The number of benzene rings is 2. The van der Waals surface area contributed by atoms with Crippen molar-refractivity contribution >= 4 is 10.8 Å². The molecule has 0 unspecified atom stereocenters. The summed E-state index contributed by atoms with van der Waals surface area (Å²) in [6, 6.07) is 7.81. The van der Waals surface area contributed by atoms with E-state index in [2.05, 4.69) is 12.1 Å². The van der Waals surface area contributed by atoms with Gasteiger partial charge in [-0.1, -0.05) is 12.1 Å². The Labute approximate surface area is 101 Å². The normalized spacial score (nSPS) is 14.6. The first-order chi connectivity index (χ1) is 8.31. The van der Waals surface area contributed by atoms with Crippen molar-refractivity contribution in [2.45, 2.75) is 25.7 Å². The Morgan fingerprint density at radius 1 is 1.06 bits per heavy atom. The van der Waals surface area contributed by atoms with E-state index in [0.717, 1.165) is 29.4 Å². The average molecular weight is 228 g/mol. The van der Waals surface area contributed by atoms with E-state index in [9.17, 15) is 5.11 Å². The van der Waals surface area contributed by atoms with Crippen LogP contribution in [0.3, 0.4) is 0 Å². The van der Waals surface area contributed by atoms with E-state index >= 15 is 0 Å². The zero-order chi connectivity index (χ0) is 11.8. The summed E-state index contributed by atoms with van der Waals surface area (Å²) >= 11 is 0. The number of hydrogen-bond acceptors (Lipinski definition) is 2. The second-order valence-electron chi connectivity index (χ2n) is 4.62. The van der Waals surface area contributed by atoms with E-state index in [-0.39, 0.29) is 0 Å². The summed E-state index contributed by atoms with van der Waals surface area (Å²) in [5.41, 5.74) is 2.69. The molecule has 2 nitrogen and oxygen atoms in total. The van der Waals surface area contributed by atoms with Crippen molar-refractivity contribution in [2.24, 2.45) is 0 Å². The molecule has 0 bridgehead atoms. The van der Waals surface area contributed by atoms with Gasteiger partial charge in [0.25, 0.3) is 0 Å².